The summed E-state index contributed by atoms with van der Waals surface area (Å²) in [5.74, 6) is 0. The van der Waals surface area contributed by atoms with Gasteiger partial charge in [-0.25, -0.2) is 0 Å². The molecule has 368 valence electrons. The minimum absolute atomic E-state index is 0.886. The molecule has 17 aromatic carbocycles. The van der Waals surface area contributed by atoms with E-state index in [-0.39, 0.29) is 0 Å². The standard InChI is InChI=1S/C80H48/c1-2-52-65(47-24-11-4-12-25-47)67(49-28-15-6-16-29-49)76-62-44-45-64-74-63(43-42-59(73(62)74)75(76)66(52)48-26-13-5-14-27-48)79-69(51-32-19-8-20-33-51)78-61-41-39-58-56-37-36-53(46-22-9-3-10-23-46)54-34-21-35-55(70(54)56)57-38-40-60(72(61)71(57)58)77(78)68(80(64)79)50-30-17-7-18-31-50/h3-45H,2H2,1H3. The summed E-state index contributed by atoms with van der Waals surface area (Å²) in [7, 11) is 0. The van der Waals surface area contributed by atoms with Crippen molar-refractivity contribution in [3.8, 4) is 89.0 Å². The van der Waals surface area contributed by atoms with Gasteiger partial charge in [-0.3, -0.25) is 0 Å². The van der Waals surface area contributed by atoms with Gasteiger partial charge in [0.1, 0.15) is 0 Å². The fourth-order valence-electron chi connectivity index (χ4n) is 15.5. The Hall–Kier alpha value is -10.1. The molecule has 0 N–H and O–H groups in total. The van der Waals surface area contributed by atoms with Crippen LogP contribution in [0.15, 0.2) is 261 Å². The van der Waals surface area contributed by atoms with Crippen LogP contribution in [-0.4, -0.2) is 0 Å². The van der Waals surface area contributed by atoms with Gasteiger partial charge in [0.25, 0.3) is 0 Å². The smallest absolute Gasteiger partial charge is 0.000717 e. The second kappa shape index (κ2) is 16.4. The molecular formula is C80H48. The summed E-state index contributed by atoms with van der Waals surface area (Å²) in [6.07, 6.45) is 0.886. The molecule has 80 heavy (non-hydrogen) atoms. The third-order valence-corrected chi connectivity index (χ3v) is 18.4. The molecule has 1 aliphatic carbocycles. The summed E-state index contributed by atoms with van der Waals surface area (Å²) in [6, 6.07) is 98.7. The lowest BCUT2D eigenvalue weighted by atomic mass is 9.78. The van der Waals surface area contributed by atoms with Crippen molar-refractivity contribution < 1.29 is 0 Å². The number of hydrogen-bond donors (Lipinski definition) is 0. The minimum atomic E-state index is 0.886. The van der Waals surface area contributed by atoms with Gasteiger partial charge in [-0.1, -0.05) is 268 Å². The maximum Gasteiger partial charge on any atom is -0.000717 e. The Labute approximate surface area is 463 Å². The Morgan fingerprint density at radius 3 is 0.938 bits per heavy atom. The van der Waals surface area contributed by atoms with Gasteiger partial charge in [-0.15, -0.1) is 0 Å². The molecule has 0 aliphatic heterocycles. The predicted octanol–water partition coefficient (Wildman–Crippen LogP) is 22.6. The monoisotopic (exact) mass is 1010 g/mol. The maximum absolute atomic E-state index is 2.51. The topological polar surface area (TPSA) is 0 Å². The van der Waals surface area contributed by atoms with Gasteiger partial charge >= 0.3 is 0 Å². The average Bonchev–Trinajstić information content (AvgIpc) is 4.15. The lowest BCUT2D eigenvalue weighted by molar-refractivity contribution is 1.15. The zero-order chi connectivity index (χ0) is 52.3. The van der Waals surface area contributed by atoms with Crippen molar-refractivity contribution >= 4 is 97.0 Å². The van der Waals surface area contributed by atoms with Crippen LogP contribution < -0.4 is 0 Å². The predicted molar refractivity (Wildman–Crippen MR) is 344 cm³/mol. The van der Waals surface area contributed by atoms with Crippen molar-refractivity contribution in [2.75, 3.05) is 0 Å². The van der Waals surface area contributed by atoms with E-state index in [1.54, 1.807) is 0 Å². The molecule has 0 fully saturated rings. The van der Waals surface area contributed by atoms with E-state index in [1.165, 1.54) is 192 Å². The van der Waals surface area contributed by atoms with E-state index in [0.717, 1.165) is 6.42 Å². The molecule has 0 heteroatoms. The van der Waals surface area contributed by atoms with Crippen LogP contribution in [0.3, 0.4) is 0 Å². The molecule has 0 heterocycles. The van der Waals surface area contributed by atoms with Crippen LogP contribution in [-0.2, 0) is 6.42 Å². The number of rotatable bonds is 7. The summed E-state index contributed by atoms with van der Waals surface area (Å²) in [4.78, 5) is 0. The van der Waals surface area contributed by atoms with Crippen molar-refractivity contribution in [2.24, 2.45) is 0 Å². The molecule has 0 unspecified atom stereocenters. The molecule has 0 radical (unpaired) electrons. The van der Waals surface area contributed by atoms with Gasteiger partial charge in [0, 0.05) is 0 Å². The van der Waals surface area contributed by atoms with E-state index < -0.39 is 0 Å². The average molecular weight is 1010 g/mol. The van der Waals surface area contributed by atoms with Crippen LogP contribution in [0.5, 0.6) is 0 Å². The highest BCUT2D eigenvalue weighted by atomic mass is 14.4. The van der Waals surface area contributed by atoms with Gasteiger partial charge in [0.05, 0.1) is 0 Å². The van der Waals surface area contributed by atoms with Crippen LogP contribution in [0.2, 0.25) is 0 Å². The first-order valence-corrected chi connectivity index (χ1v) is 28.3. The van der Waals surface area contributed by atoms with Crippen molar-refractivity contribution in [1.82, 2.24) is 0 Å². The lowest BCUT2D eigenvalue weighted by Crippen LogP contribution is -2.01. The summed E-state index contributed by atoms with van der Waals surface area (Å²) >= 11 is 0. The first-order valence-electron chi connectivity index (χ1n) is 28.3. The Morgan fingerprint density at radius 1 is 0.175 bits per heavy atom. The van der Waals surface area contributed by atoms with Crippen LogP contribution in [0.25, 0.3) is 186 Å². The summed E-state index contributed by atoms with van der Waals surface area (Å²) in [5.41, 5.74) is 22.0. The molecule has 0 amide bonds. The summed E-state index contributed by atoms with van der Waals surface area (Å²) in [5, 5.41) is 23.9. The molecule has 17 aromatic rings. The van der Waals surface area contributed by atoms with Crippen molar-refractivity contribution in [3.05, 3.63) is 266 Å². The fourth-order valence-corrected chi connectivity index (χ4v) is 15.5. The molecule has 1 aliphatic rings. The first kappa shape index (κ1) is 43.9. The van der Waals surface area contributed by atoms with Gasteiger partial charge < -0.3 is 0 Å². The van der Waals surface area contributed by atoms with E-state index in [4.69, 9.17) is 0 Å². The molecule has 0 nitrogen and oxygen atoms in total. The van der Waals surface area contributed by atoms with Crippen molar-refractivity contribution in [2.45, 2.75) is 13.3 Å². The second-order valence-corrected chi connectivity index (χ2v) is 22.2. The summed E-state index contributed by atoms with van der Waals surface area (Å²) < 4.78 is 0. The highest BCUT2D eigenvalue weighted by Crippen LogP contribution is 2.63. The lowest BCUT2D eigenvalue weighted by Gasteiger charge is -2.25. The zero-order valence-electron chi connectivity index (χ0n) is 44.0. The number of fused-ring (bicyclic) bond motifs is 11. The van der Waals surface area contributed by atoms with Crippen molar-refractivity contribution in [3.63, 3.8) is 0 Å². The Bertz CT molecular complexity index is 5220. The van der Waals surface area contributed by atoms with Crippen LogP contribution in [0.1, 0.15) is 12.5 Å². The highest BCUT2D eigenvalue weighted by molar-refractivity contribution is 6.50. The minimum Gasteiger partial charge on any atom is -0.0622 e. The Kier molecular flexibility index (Phi) is 9.03. The van der Waals surface area contributed by atoms with E-state index in [0.29, 0.717) is 0 Å². The summed E-state index contributed by atoms with van der Waals surface area (Å²) in [6.45, 7) is 2.35. The molecule has 0 saturated heterocycles. The van der Waals surface area contributed by atoms with Crippen molar-refractivity contribution in [1.29, 1.82) is 0 Å². The largest absolute Gasteiger partial charge is 0.0622 e. The molecule has 0 bridgehead atoms. The number of hydrogen-bond acceptors (Lipinski definition) is 0. The number of benzene rings is 15. The molecule has 0 atom stereocenters. The first-order chi connectivity index (χ1) is 39.7. The van der Waals surface area contributed by atoms with E-state index >= 15 is 0 Å². The Morgan fingerprint density at radius 2 is 0.475 bits per heavy atom. The molecule has 0 aromatic heterocycles. The quantitative estimate of drug-likeness (QED) is 0.110. The van der Waals surface area contributed by atoms with Gasteiger partial charge in [-0.05, 0) is 198 Å². The molecule has 18 rings (SSSR count). The zero-order valence-corrected chi connectivity index (χ0v) is 44.0. The molecular weight excluding hydrogens is 961 g/mol. The molecule has 0 saturated carbocycles. The highest BCUT2D eigenvalue weighted by Gasteiger charge is 2.36. The van der Waals surface area contributed by atoms with Gasteiger partial charge in [0.2, 0.25) is 0 Å². The normalized spacial score (nSPS) is 12.4. The van der Waals surface area contributed by atoms with E-state index in [1.807, 2.05) is 0 Å². The third-order valence-electron chi connectivity index (χ3n) is 18.4. The van der Waals surface area contributed by atoms with Crippen LogP contribution in [0, 0.1) is 0 Å². The van der Waals surface area contributed by atoms with Crippen LogP contribution in [0.4, 0.5) is 0 Å². The third kappa shape index (κ3) is 5.69. The fraction of sp³-hybridized carbons (Fsp3) is 0.0250. The molecule has 0 spiro atoms. The maximum atomic E-state index is 2.51. The second-order valence-electron chi connectivity index (χ2n) is 22.2. The SMILES string of the molecule is CCc1c(-c2ccccc2)c(-c2ccccc2)c2c(c1-c1ccccc1)-c1ccc3c4c(-c5ccccc5)c5c6ccc7c8ccc(-c9ccccc9)c9cccc(c%10ccc(c5c(-c5ccccc5)c4c4ccc-2c1c34)c6c7%10)c98. The van der Waals surface area contributed by atoms with E-state index in [9.17, 15) is 0 Å². The van der Waals surface area contributed by atoms with Crippen LogP contribution >= 0.6 is 0 Å². The van der Waals surface area contributed by atoms with E-state index in [2.05, 4.69) is 268 Å². The van der Waals surface area contributed by atoms with Gasteiger partial charge in [-0.2, -0.15) is 0 Å². The van der Waals surface area contributed by atoms with Gasteiger partial charge in [0.15, 0.2) is 0 Å². The Balaban J connectivity index is 1.03.